The fourth-order valence-electron chi connectivity index (χ4n) is 3.98. The van der Waals surface area contributed by atoms with Crippen LogP contribution in [0.3, 0.4) is 0 Å². The average molecular weight is 404 g/mol. The predicted octanol–water partition coefficient (Wildman–Crippen LogP) is 1.89. The summed E-state index contributed by atoms with van der Waals surface area (Å²) < 4.78 is 0. The highest BCUT2D eigenvalue weighted by atomic mass is 16.1. The number of hydrogen-bond acceptors (Lipinski definition) is 6. The van der Waals surface area contributed by atoms with E-state index in [1.165, 1.54) is 12.2 Å². The van der Waals surface area contributed by atoms with Crippen LogP contribution >= 0.6 is 0 Å². The maximum Gasteiger partial charge on any atom is 0.202 e. The van der Waals surface area contributed by atoms with Crippen LogP contribution in [-0.4, -0.2) is 67.7 Å². The van der Waals surface area contributed by atoms with Crippen LogP contribution in [0.2, 0.25) is 0 Å². The molecule has 0 atom stereocenters. The second kappa shape index (κ2) is 7.93. The molecule has 0 radical (unpaired) electrons. The summed E-state index contributed by atoms with van der Waals surface area (Å²) in [6.07, 6.45) is 9.13. The standard InChI is InChI=1S/C23H24N4O3/c1-24-10-8-14-20-17(28)6-7-18(29)22(20)26-21(14)15-4-5-16-19(23(15)30)13(12-25-16)9-11-27(2)3/h4-7,12,24,26H,8-11H2,1-3H3. The minimum absolute atomic E-state index is 0.129. The van der Waals surface area contributed by atoms with Gasteiger partial charge in [0.15, 0.2) is 11.6 Å². The van der Waals surface area contributed by atoms with Crippen LogP contribution in [0.4, 0.5) is 0 Å². The Hall–Kier alpha value is -3.16. The van der Waals surface area contributed by atoms with Gasteiger partial charge in [0.05, 0.1) is 28.2 Å². The molecule has 154 valence electrons. The molecule has 4 rings (SSSR count). The van der Waals surface area contributed by atoms with E-state index in [1.807, 2.05) is 27.2 Å². The van der Waals surface area contributed by atoms with Gasteiger partial charge in [-0.15, -0.1) is 0 Å². The lowest BCUT2D eigenvalue weighted by molar-refractivity contribution is -0.110. The Labute approximate surface area is 174 Å². The molecule has 1 aliphatic heterocycles. The summed E-state index contributed by atoms with van der Waals surface area (Å²) >= 11 is 0. The number of ketones is 3. The van der Waals surface area contributed by atoms with E-state index in [0.717, 1.165) is 18.5 Å². The fourth-order valence-corrected chi connectivity index (χ4v) is 3.98. The van der Waals surface area contributed by atoms with Crippen molar-refractivity contribution in [3.05, 3.63) is 63.7 Å². The molecule has 0 bridgehead atoms. The summed E-state index contributed by atoms with van der Waals surface area (Å²) in [4.78, 5) is 48.0. The van der Waals surface area contributed by atoms with Crippen molar-refractivity contribution in [1.82, 2.24) is 15.2 Å². The number of Topliss-reactive ketones (excluding diaryl/α,β-unsaturated/α-hetero) is 1. The van der Waals surface area contributed by atoms with Gasteiger partial charge in [0.2, 0.25) is 5.78 Å². The van der Waals surface area contributed by atoms with Crippen LogP contribution in [0, 0.1) is 0 Å². The molecule has 2 N–H and O–H groups in total. The molecule has 0 saturated heterocycles. The minimum atomic E-state index is -0.253. The lowest BCUT2D eigenvalue weighted by atomic mass is 9.87. The summed E-state index contributed by atoms with van der Waals surface area (Å²) in [5.41, 5.74) is 4.53. The van der Waals surface area contributed by atoms with Gasteiger partial charge < -0.3 is 15.2 Å². The molecule has 3 aliphatic rings. The molecular formula is C23H24N4O3. The second-order valence-corrected chi connectivity index (χ2v) is 7.82. The van der Waals surface area contributed by atoms with Crippen LogP contribution in [0.25, 0.3) is 5.57 Å². The summed E-state index contributed by atoms with van der Waals surface area (Å²) in [5.74, 6) is -0.596. The first kappa shape index (κ1) is 20.1. The van der Waals surface area contributed by atoms with Crippen LogP contribution in [0.15, 0.2) is 46.1 Å². The third kappa shape index (κ3) is 3.36. The van der Waals surface area contributed by atoms with Gasteiger partial charge in [-0.05, 0) is 76.0 Å². The molecule has 0 unspecified atom stereocenters. The third-order valence-corrected chi connectivity index (χ3v) is 5.52. The number of rotatable bonds is 7. The molecule has 0 aromatic carbocycles. The Kier molecular flexibility index (Phi) is 5.32. The van der Waals surface area contributed by atoms with Crippen LogP contribution in [0.5, 0.6) is 0 Å². The van der Waals surface area contributed by atoms with Gasteiger partial charge in [-0.3, -0.25) is 19.4 Å². The molecule has 7 nitrogen and oxygen atoms in total. The topological polar surface area (TPSA) is 94.6 Å². The summed E-state index contributed by atoms with van der Waals surface area (Å²) in [6.45, 7) is 1.42. The zero-order valence-electron chi connectivity index (χ0n) is 17.3. The van der Waals surface area contributed by atoms with Gasteiger partial charge in [-0.2, -0.15) is 0 Å². The molecule has 0 fully saturated rings. The molecule has 0 spiro atoms. The second-order valence-electron chi connectivity index (χ2n) is 7.82. The number of carbonyl (C=O) groups is 3. The highest BCUT2D eigenvalue weighted by Gasteiger charge is 2.34. The molecular weight excluding hydrogens is 380 g/mol. The van der Waals surface area contributed by atoms with Crippen LogP contribution < -0.4 is 5.32 Å². The maximum absolute atomic E-state index is 13.5. The SMILES string of the molecule is CNCCc1c(C2=CC=C3N=CC(CCN(C)C)=C3C2=O)[nH]c2c1C(=O)C=CC2=O. The predicted molar refractivity (Wildman–Crippen MR) is 116 cm³/mol. The van der Waals surface area contributed by atoms with E-state index in [9.17, 15) is 14.4 Å². The number of allylic oxidation sites excluding steroid dienone is 6. The summed E-state index contributed by atoms with van der Waals surface area (Å²) in [7, 11) is 5.80. The van der Waals surface area contributed by atoms with E-state index < -0.39 is 0 Å². The molecule has 30 heavy (non-hydrogen) atoms. The number of carbonyl (C=O) groups excluding carboxylic acids is 3. The average Bonchev–Trinajstić information content (AvgIpc) is 3.30. The summed E-state index contributed by atoms with van der Waals surface area (Å²) in [5, 5.41) is 3.07. The fraction of sp³-hybridized carbons (Fsp3) is 0.304. The first-order chi connectivity index (χ1) is 14.4. The van der Waals surface area contributed by atoms with Crippen molar-refractivity contribution in [2.24, 2.45) is 4.99 Å². The van der Waals surface area contributed by atoms with Gasteiger partial charge in [0.25, 0.3) is 0 Å². The van der Waals surface area contributed by atoms with E-state index in [-0.39, 0.29) is 23.0 Å². The van der Waals surface area contributed by atoms with Crippen molar-refractivity contribution >= 4 is 29.1 Å². The molecule has 0 amide bonds. The van der Waals surface area contributed by atoms with Crippen molar-refractivity contribution in [2.45, 2.75) is 12.8 Å². The molecule has 2 aliphatic carbocycles. The van der Waals surface area contributed by atoms with Gasteiger partial charge >= 0.3 is 0 Å². The Morgan fingerprint density at radius 2 is 1.80 bits per heavy atom. The molecule has 1 aromatic rings. The first-order valence-corrected chi connectivity index (χ1v) is 9.98. The quantitative estimate of drug-likeness (QED) is 0.724. The third-order valence-electron chi connectivity index (χ3n) is 5.52. The Morgan fingerprint density at radius 3 is 2.53 bits per heavy atom. The number of nitrogens with one attached hydrogen (secondary N) is 2. The van der Waals surface area contributed by atoms with Crippen LogP contribution in [-0.2, 0) is 11.2 Å². The van der Waals surface area contributed by atoms with Crippen LogP contribution in [0.1, 0.15) is 38.5 Å². The first-order valence-electron chi connectivity index (χ1n) is 9.98. The minimum Gasteiger partial charge on any atom is -0.351 e. The van der Waals surface area contributed by atoms with Crippen molar-refractivity contribution in [2.75, 3.05) is 34.2 Å². The molecule has 1 aromatic heterocycles. The largest absolute Gasteiger partial charge is 0.351 e. The van der Waals surface area contributed by atoms with E-state index in [1.54, 1.807) is 12.3 Å². The van der Waals surface area contributed by atoms with Crippen molar-refractivity contribution in [1.29, 1.82) is 0 Å². The molecule has 2 heterocycles. The Morgan fingerprint density at radius 1 is 1.03 bits per heavy atom. The lowest BCUT2D eigenvalue weighted by Gasteiger charge is -2.16. The highest BCUT2D eigenvalue weighted by molar-refractivity contribution is 6.34. The smallest absolute Gasteiger partial charge is 0.202 e. The van der Waals surface area contributed by atoms with Crippen molar-refractivity contribution in [3.63, 3.8) is 0 Å². The number of hydrogen-bond donors (Lipinski definition) is 2. The lowest BCUT2D eigenvalue weighted by Crippen LogP contribution is -2.17. The maximum atomic E-state index is 13.5. The zero-order chi connectivity index (χ0) is 21.4. The number of likely N-dealkylation sites (N-methyl/N-ethyl adjacent to an activating group) is 1. The number of fused-ring (bicyclic) bond motifs is 2. The molecule has 0 saturated carbocycles. The van der Waals surface area contributed by atoms with Gasteiger partial charge in [0, 0.05) is 18.3 Å². The van der Waals surface area contributed by atoms with Gasteiger partial charge in [0.1, 0.15) is 0 Å². The van der Waals surface area contributed by atoms with Gasteiger partial charge in [-0.25, -0.2) is 0 Å². The van der Waals surface area contributed by atoms with E-state index in [0.29, 0.717) is 46.6 Å². The Bertz CT molecular complexity index is 1110. The number of aromatic nitrogens is 1. The van der Waals surface area contributed by atoms with Crippen molar-refractivity contribution < 1.29 is 14.4 Å². The van der Waals surface area contributed by atoms with E-state index >= 15 is 0 Å². The number of H-pyrrole nitrogens is 1. The zero-order valence-corrected chi connectivity index (χ0v) is 17.3. The molecule has 7 heteroatoms. The summed E-state index contributed by atoms with van der Waals surface area (Å²) in [6, 6.07) is 0. The Balaban J connectivity index is 1.79. The number of nitrogens with zero attached hydrogens (tertiary/aromatic N) is 2. The monoisotopic (exact) mass is 404 g/mol. The highest BCUT2D eigenvalue weighted by Crippen LogP contribution is 2.37. The number of aromatic amines is 1. The van der Waals surface area contributed by atoms with E-state index in [2.05, 4.69) is 20.2 Å². The normalized spacial score (nSPS) is 17.7. The van der Waals surface area contributed by atoms with E-state index in [4.69, 9.17) is 0 Å². The van der Waals surface area contributed by atoms with Gasteiger partial charge in [-0.1, -0.05) is 0 Å². The van der Waals surface area contributed by atoms with Crippen molar-refractivity contribution in [3.8, 4) is 0 Å². The number of aliphatic imine (C=N–C) groups is 1.